The van der Waals surface area contributed by atoms with E-state index in [9.17, 15) is 9.59 Å². The monoisotopic (exact) mass is 183 g/mol. The molecule has 0 aromatic heterocycles. The summed E-state index contributed by atoms with van der Waals surface area (Å²) in [4.78, 5) is 24.0. The maximum atomic E-state index is 11.3. The van der Waals surface area contributed by atoms with E-state index in [1.54, 1.807) is 0 Å². The second-order valence-corrected chi connectivity index (χ2v) is 3.70. The molecule has 0 aliphatic carbocycles. The van der Waals surface area contributed by atoms with Crippen molar-refractivity contribution >= 4 is 11.8 Å². The van der Waals surface area contributed by atoms with Gasteiger partial charge in [0.2, 0.25) is 11.8 Å². The normalized spacial score (nSPS) is 35.4. The number of rotatable bonds is 2. The molecule has 2 saturated heterocycles. The van der Waals surface area contributed by atoms with Crippen LogP contribution < -0.4 is 0 Å². The first-order valence-electron chi connectivity index (χ1n) is 4.61. The molecule has 2 aliphatic heterocycles. The average Bonchev–Trinajstić information content (AvgIpc) is 2.70. The number of carbonyl (C=O) groups excluding carboxylic acids is 2. The number of hydrogen-bond donors (Lipinski definition) is 0. The zero-order valence-electron chi connectivity index (χ0n) is 7.82. The summed E-state index contributed by atoms with van der Waals surface area (Å²) in [5, 5.41) is 0. The predicted octanol–water partition coefficient (Wildman–Crippen LogP) is 0.311. The lowest BCUT2D eigenvalue weighted by Crippen LogP contribution is -2.41. The zero-order chi connectivity index (χ0) is 9.59. The van der Waals surface area contributed by atoms with Gasteiger partial charge in [0.1, 0.15) is 6.10 Å². The Hall–Kier alpha value is -0.900. The fourth-order valence-corrected chi connectivity index (χ4v) is 1.90. The van der Waals surface area contributed by atoms with Gasteiger partial charge >= 0.3 is 0 Å². The van der Waals surface area contributed by atoms with Crippen molar-refractivity contribution in [1.82, 2.24) is 4.90 Å². The van der Waals surface area contributed by atoms with Crippen molar-refractivity contribution in [1.29, 1.82) is 0 Å². The van der Waals surface area contributed by atoms with Crippen molar-refractivity contribution < 1.29 is 14.3 Å². The predicted molar refractivity (Wildman–Crippen MR) is 44.9 cm³/mol. The van der Waals surface area contributed by atoms with Crippen LogP contribution in [0.2, 0.25) is 0 Å². The van der Waals surface area contributed by atoms with Gasteiger partial charge in [-0.15, -0.1) is 0 Å². The Morgan fingerprint density at radius 1 is 1.38 bits per heavy atom. The molecule has 0 bridgehead atoms. The van der Waals surface area contributed by atoms with Crippen LogP contribution in [0.1, 0.15) is 26.7 Å². The van der Waals surface area contributed by atoms with Crippen molar-refractivity contribution in [2.24, 2.45) is 0 Å². The number of likely N-dealkylation sites (tertiary alicyclic amines) is 1. The molecular weight excluding hydrogens is 170 g/mol. The van der Waals surface area contributed by atoms with E-state index in [2.05, 4.69) is 0 Å². The van der Waals surface area contributed by atoms with E-state index < -0.39 is 0 Å². The van der Waals surface area contributed by atoms with Crippen LogP contribution >= 0.6 is 0 Å². The maximum absolute atomic E-state index is 11.3. The van der Waals surface area contributed by atoms with Crippen molar-refractivity contribution in [3.63, 3.8) is 0 Å². The lowest BCUT2D eigenvalue weighted by molar-refractivity contribution is -0.141. The fraction of sp³-hybridized carbons (Fsp3) is 0.778. The van der Waals surface area contributed by atoms with Crippen LogP contribution in [-0.4, -0.2) is 35.0 Å². The Bertz CT molecular complexity index is 248. The van der Waals surface area contributed by atoms with Gasteiger partial charge in [0, 0.05) is 12.8 Å². The molecule has 0 N–H and O–H groups in total. The molecule has 0 saturated carbocycles. The van der Waals surface area contributed by atoms with E-state index in [0.717, 1.165) is 0 Å². The number of ether oxygens (including phenoxy) is 1. The molecule has 2 heterocycles. The maximum Gasteiger partial charge on any atom is 0.230 e. The topological polar surface area (TPSA) is 49.9 Å². The van der Waals surface area contributed by atoms with Gasteiger partial charge in [0.25, 0.3) is 0 Å². The number of epoxide rings is 1. The Morgan fingerprint density at radius 3 is 2.23 bits per heavy atom. The first-order chi connectivity index (χ1) is 6.11. The third-order valence-corrected chi connectivity index (χ3v) is 2.73. The third-order valence-electron chi connectivity index (χ3n) is 2.73. The van der Waals surface area contributed by atoms with E-state index in [0.29, 0.717) is 12.8 Å². The molecule has 72 valence electrons. The summed E-state index contributed by atoms with van der Waals surface area (Å²) >= 11 is 0. The van der Waals surface area contributed by atoms with E-state index in [4.69, 9.17) is 4.74 Å². The summed E-state index contributed by atoms with van der Waals surface area (Å²) in [6, 6.07) is -0.0856. The Kier molecular flexibility index (Phi) is 1.87. The number of nitrogens with zero attached hydrogens (tertiary/aromatic N) is 1. The van der Waals surface area contributed by atoms with E-state index >= 15 is 0 Å². The van der Waals surface area contributed by atoms with Crippen molar-refractivity contribution in [2.75, 3.05) is 0 Å². The lowest BCUT2D eigenvalue weighted by Gasteiger charge is -2.20. The van der Waals surface area contributed by atoms with Crippen molar-refractivity contribution in [3.05, 3.63) is 0 Å². The standard InChI is InChI=1S/C9H13NO3/c1-5(9-6(2)13-9)10-7(11)3-4-8(10)12/h5-6,9H,3-4H2,1-2H3. The molecular formula is C9H13NO3. The molecule has 0 aromatic rings. The minimum absolute atomic E-state index is 0.0554. The van der Waals surface area contributed by atoms with Crippen LogP contribution in [0.4, 0.5) is 0 Å². The van der Waals surface area contributed by atoms with Gasteiger partial charge in [-0.25, -0.2) is 0 Å². The van der Waals surface area contributed by atoms with Crippen LogP contribution in [0, 0.1) is 0 Å². The molecule has 0 spiro atoms. The largest absolute Gasteiger partial charge is 0.368 e. The number of imide groups is 1. The molecule has 3 atom stereocenters. The molecule has 13 heavy (non-hydrogen) atoms. The highest BCUT2D eigenvalue weighted by Crippen LogP contribution is 2.30. The lowest BCUT2D eigenvalue weighted by atomic mass is 10.2. The fourth-order valence-electron chi connectivity index (χ4n) is 1.90. The number of carbonyl (C=O) groups is 2. The SMILES string of the molecule is CC1OC1C(C)N1C(=O)CCC1=O. The quantitative estimate of drug-likeness (QED) is 0.457. The highest BCUT2D eigenvalue weighted by Gasteiger charge is 2.46. The van der Waals surface area contributed by atoms with Gasteiger partial charge in [-0.05, 0) is 13.8 Å². The number of amides is 2. The first-order valence-corrected chi connectivity index (χ1v) is 4.61. The van der Waals surface area contributed by atoms with Crippen molar-refractivity contribution in [3.8, 4) is 0 Å². The molecule has 0 aromatic carbocycles. The van der Waals surface area contributed by atoms with E-state index in [1.165, 1.54) is 4.90 Å². The highest BCUT2D eigenvalue weighted by atomic mass is 16.6. The molecule has 2 aliphatic rings. The van der Waals surface area contributed by atoms with Gasteiger partial charge in [-0.3, -0.25) is 14.5 Å². The van der Waals surface area contributed by atoms with E-state index in [-0.39, 0.29) is 30.1 Å². The second-order valence-electron chi connectivity index (χ2n) is 3.70. The van der Waals surface area contributed by atoms with Gasteiger partial charge in [0.05, 0.1) is 12.1 Å². The summed E-state index contributed by atoms with van der Waals surface area (Å²) < 4.78 is 5.24. The van der Waals surface area contributed by atoms with Crippen LogP contribution in [0.25, 0.3) is 0 Å². The summed E-state index contributed by atoms with van der Waals surface area (Å²) in [7, 11) is 0. The highest BCUT2D eigenvalue weighted by molar-refractivity contribution is 6.02. The Balaban J connectivity index is 2.06. The molecule has 4 heteroatoms. The van der Waals surface area contributed by atoms with Gasteiger partial charge in [-0.2, -0.15) is 0 Å². The van der Waals surface area contributed by atoms with Crippen LogP contribution in [0.5, 0.6) is 0 Å². The van der Waals surface area contributed by atoms with E-state index in [1.807, 2.05) is 13.8 Å². The van der Waals surface area contributed by atoms with Crippen LogP contribution in [-0.2, 0) is 14.3 Å². The minimum atomic E-state index is -0.0856. The summed E-state index contributed by atoms with van der Waals surface area (Å²) in [5.74, 6) is -0.111. The zero-order valence-corrected chi connectivity index (χ0v) is 7.82. The summed E-state index contributed by atoms with van der Waals surface area (Å²) in [6.45, 7) is 3.82. The Labute approximate surface area is 76.8 Å². The molecule has 2 fully saturated rings. The molecule has 2 amide bonds. The molecule has 3 unspecified atom stereocenters. The average molecular weight is 183 g/mol. The van der Waals surface area contributed by atoms with Crippen LogP contribution in [0.15, 0.2) is 0 Å². The molecule has 0 radical (unpaired) electrons. The Morgan fingerprint density at radius 2 is 1.85 bits per heavy atom. The first kappa shape index (κ1) is 8.69. The van der Waals surface area contributed by atoms with Gasteiger partial charge in [-0.1, -0.05) is 0 Å². The molecule has 2 rings (SSSR count). The van der Waals surface area contributed by atoms with Crippen LogP contribution in [0.3, 0.4) is 0 Å². The second kappa shape index (κ2) is 2.80. The summed E-state index contributed by atoms with van der Waals surface area (Å²) in [6.07, 6.45) is 0.983. The third kappa shape index (κ3) is 1.35. The van der Waals surface area contributed by atoms with Gasteiger partial charge in [0.15, 0.2) is 0 Å². The number of hydrogen-bond acceptors (Lipinski definition) is 3. The van der Waals surface area contributed by atoms with Crippen molar-refractivity contribution in [2.45, 2.75) is 44.9 Å². The van der Waals surface area contributed by atoms with Gasteiger partial charge < -0.3 is 4.74 Å². The molecule has 4 nitrogen and oxygen atoms in total. The summed E-state index contributed by atoms with van der Waals surface area (Å²) in [5.41, 5.74) is 0. The minimum Gasteiger partial charge on any atom is -0.368 e. The smallest absolute Gasteiger partial charge is 0.230 e.